The van der Waals surface area contributed by atoms with Crippen LogP contribution in [0.5, 0.6) is 0 Å². The number of nitrogens with zero attached hydrogens (tertiary/aromatic N) is 1. The summed E-state index contributed by atoms with van der Waals surface area (Å²) < 4.78 is 0. The minimum Gasteiger partial charge on any atom is -0.550 e. The molecule has 48 heavy (non-hydrogen) atoms. The normalized spacial score (nSPS) is 11.4. The monoisotopic (exact) mass is 702 g/mol. The smallest absolute Gasteiger partial charge is 0.550 e. The van der Waals surface area contributed by atoms with E-state index in [2.05, 4.69) is 18.7 Å². The van der Waals surface area contributed by atoms with Crippen molar-refractivity contribution in [3.63, 3.8) is 0 Å². The van der Waals surface area contributed by atoms with E-state index < -0.39 is 5.97 Å². The molecule has 0 fully saturated rings. The van der Waals surface area contributed by atoms with Crippen molar-refractivity contribution < 1.29 is 61.3 Å². The summed E-state index contributed by atoms with van der Waals surface area (Å²) in [4.78, 5) is 13.4. The topological polar surface area (TPSA) is 43.4 Å². The van der Waals surface area contributed by atoms with Gasteiger partial charge >= 0.3 is 51.4 Å². The fourth-order valence-electron chi connectivity index (χ4n) is 7.24. The summed E-state index contributed by atoms with van der Waals surface area (Å²) in [5.74, 6) is -0.895. The average molecular weight is 702 g/mol. The molecule has 0 spiro atoms. The zero-order valence-electron chi connectivity index (χ0n) is 33.8. The van der Waals surface area contributed by atoms with Crippen molar-refractivity contribution in [2.45, 2.75) is 258 Å². The fraction of sp³-hybridized carbons (Fsp3) is 0.977. The van der Waals surface area contributed by atoms with E-state index in [1.165, 1.54) is 231 Å². The van der Waals surface area contributed by atoms with Crippen LogP contribution in [0, 0.1) is 0 Å². The van der Waals surface area contributed by atoms with E-state index in [0.717, 1.165) is 25.8 Å². The zero-order valence-corrected chi connectivity index (χ0v) is 36.9. The van der Waals surface area contributed by atoms with Crippen molar-refractivity contribution >= 4 is 5.97 Å². The third-order valence-electron chi connectivity index (χ3n) is 10.5. The maximum absolute atomic E-state index is 10.7. The molecule has 0 aromatic heterocycles. The maximum Gasteiger partial charge on any atom is 1.00 e. The molecule has 0 bridgehead atoms. The van der Waals surface area contributed by atoms with E-state index in [9.17, 15) is 9.90 Å². The first-order chi connectivity index (χ1) is 23.2. The van der Waals surface area contributed by atoms with Crippen LogP contribution >= 0.6 is 0 Å². The van der Waals surface area contributed by atoms with Crippen LogP contribution in [0.1, 0.15) is 258 Å². The quantitative estimate of drug-likeness (QED) is 0.0470. The van der Waals surface area contributed by atoms with Crippen LogP contribution in [0.15, 0.2) is 0 Å². The van der Waals surface area contributed by atoms with Gasteiger partial charge in [0.2, 0.25) is 0 Å². The average Bonchev–Trinajstić information content (AvgIpc) is 3.06. The van der Waals surface area contributed by atoms with Crippen LogP contribution in [-0.2, 0) is 4.79 Å². The van der Waals surface area contributed by atoms with Crippen LogP contribution in [0.25, 0.3) is 0 Å². The van der Waals surface area contributed by atoms with Crippen LogP contribution in [0.2, 0.25) is 0 Å². The number of carbonyl (C=O) groups is 1. The Morgan fingerprint density at radius 3 is 0.729 bits per heavy atom. The molecule has 0 aromatic rings. The molecule has 0 saturated heterocycles. The zero-order chi connectivity index (χ0) is 34.1. The number of carboxylic acids is 1. The summed E-state index contributed by atoms with van der Waals surface area (Å²) >= 11 is 0. The SMILES string of the molecule is CCCCCCCCCCCCCCCCCCCN(CCCCCCCCCCCCCCCCCCC)CCCCCC(=O)[O-].[K+]. The molecule has 0 atom stereocenters. The summed E-state index contributed by atoms with van der Waals surface area (Å²) in [6.45, 7) is 8.21. The van der Waals surface area contributed by atoms with Gasteiger partial charge in [0.05, 0.1) is 0 Å². The Labute approximate surface area is 346 Å². The Balaban J connectivity index is 0. The van der Waals surface area contributed by atoms with E-state index >= 15 is 0 Å². The first-order valence-electron chi connectivity index (χ1n) is 22.1. The van der Waals surface area contributed by atoms with Gasteiger partial charge in [0.25, 0.3) is 0 Å². The summed E-state index contributed by atoms with van der Waals surface area (Å²) in [5, 5.41) is 10.7. The second-order valence-corrected chi connectivity index (χ2v) is 15.3. The molecule has 3 nitrogen and oxygen atoms in total. The number of hydrogen-bond donors (Lipinski definition) is 0. The molecule has 4 heteroatoms. The van der Waals surface area contributed by atoms with Gasteiger partial charge in [-0.3, -0.25) is 0 Å². The summed E-state index contributed by atoms with van der Waals surface area (Å²) in [6, 6.07) is 0. The van der Waals surface area contributed by atoms with Gasteiger partial charge < -0.3 is 14.8 Å². The van der Waals surface area contributed by atoms with Crippen molar-refractivity contribution in [3.8, 4) is 0 Å². The van der Waals surface area contributed by atoms with Gasteiger partial charge in [-0.15, -0.1) is 0 Å². The van der Waals surface area contributed by atoms with Gasteiger partial charge in [0.1, 0.15) is 0 Å². The molecule has 0 radical (unpaired) electrons. The van der Waals surface area contributed by atoms with Gasteiger partial charge in [0.15, 0.2) is 0 Å². The standard InChI is InChI=1S/C44H89NO2.K/c1-3-5-7-9-11-13-15-17-19-21-23-25-27-29-31-33-37-41-45(43-39-35-36-40-44(46)47)42-38-34-32-30-28-26-24-22-20-18-16-14-12-10-8-6-4-2;/h3-43H2,1-2H3,(H,46,47);/q;+1/p-1. The largest absolute Gasteiger partial charge is 1.00 e. The van der Waals surface area contributed by atoms with Crippen molar-refractivity contribution in [1.29, 1.82) is 0 Å². The predicted octanol–water partition coefficient (Wildman–Crippen LogP) is 10.9. The van der Waals surface area contributed by atoms with Gasteiger partial charge in [0, 0.05) is 5.97 Å². The summed E-state index contributed by atoms with van der Waals surface area (Å²) in [5.41, 5.74) is 0. The summed E-state index contributed by atoms with van der Waals surface area (Å²) in [7, 11) is 0. The number of rotatable bonds is 42. The Bertz CT molecular complexity index is 548. The number of carbonyl (C=O) groups excluding carboxylic acids is 1. The van der Waals surface area contributed by atoms with E-state index in [4.69, 9.17) is 0 Å². The van der Waals surface area contributed by atoms with Gasteiger partial charge in [-0.25, -0.2) is 0 Å². The molecule has 0 unspecified atom stereocenters. The van der Waals surface area contributed by atoms with Crippen LogP contribution < -0.4 is 56.5 Å². The third-order valence-corrected chi connectivity index (χ3v) is 10.5. The van der Waals surface area contributed by atoms with Crippen molar-refractivity contribution in [2.24, 2.45) is 0 Å². The van der Waals surface area contributed by atoms with E-state index in [-0.39, 0.29) is 57.8 Å². The molecular weight excluding hydrogens is 614 g/mol. The number of hydrogen-bond acceptors (Lipinski definition) is 3. The van der Waals surface area contributed by atoms with E-state index in [0.29, 0.717) is 0 Å². The van der Waals surface area contributed by atoms with E-state index in [1.807, 2.05) is 0 Å². The molecule has 0 saturated carbocycles. The minimum atomic E-state index is -0.895. The second kappa shape index (κ2) is 46.1. The maximum atomic E-state index is 10.7. The van der Waals surface area contributed by atoms with Crippen LogP contribution in [-0.4, -0.2) is 30.5 Å². The van der Waals surface area contributed by atoms with Crippen molar-refractivity contribution in [1.82, 2.24) is 4.90 Å². The number of carboxylic acid groups (broad SMARTS) is 1. The molecule has 282 valence electrons. The van der Waals surface area contributed by atoms with E-state index in [1.54, 1.807) is 0 Å². The minimum absolute atomic E-state index is 0. The molecule has 0 N–H and O–H groups in total. The molecule has 0 heterocycles. The fourth-order valence-corrected chi connectivity index (χ4v) is 7.24. The molecular formula is C44H88KNO2. The first kappa shape index (κ1) is 51.2. The van der Waals surface area contributed by atoms with Gasteiger partial charge in [-0.1, -0.05) is 226 Å². The molecule has 0 aliphatic carbocycles. The molecule has 0 aromatic carbocycles. The third kappa shape index (κ3) is 45.1. The molecule has 0 aliphatic heterocycles. The molecule has 0 aliphatic rings. The van der Waals surface area contributed by atoms with Gasteiger partial charge in [-0.05, 0) is 51.7 Å². The Kier molecular flexibility index (Phi) is 49.1. The van der Waals surface area contributed by atoms with Gasteiger partial charge in [-0.2, -0.15) is 0 Å². The first-order valence-corrected chi connectivity index (χ1v) is 22.1. The predicted molar refractivity (Wildman–Crippen MR) is 208 cm³/mol. The van der Waals surface area contributed by atoms with Crippen LogP contribution in [0.4, 0.5) is 0 Å². The van der Waals surface area contributed by atoms with Crippen molar-refractivity contribution in [2.75, 3.05) is 19.6 Å². The summed E-state index contributed by atoms with van der Waals surface area (Å²) in [6.07, 6.45) is 51.7. The molecule has 0 amide bonds. The second-order valence-electron chi connectivity index (χ2n) is 15.3. The number of unbranched alkanes of at least 4 members (excludes halogenated alkanes) is 34. The molecule has 0 rings (SSSR count). The van der Waals surface area contributed by atoms with Crippen LogP contribution in [0.3, 0.4) is 0 Å². The Morgan fingerprint density at radius 2 is 0.521 bits per heavy atom. The Hall–Kier alpha value is 1.07. The van der Waals surface area contributed by atoms with Crippen molar-refractivity contribution in [3.05, 3.63) is 0 Å². The Morgan fingerprint density at radius 1 is 0.333 bits per heavy atom. The number of aliphatic carboxylic acids is 1.